The quantitative estimate of drug-likeness (QED) is 0.711. The van der Waals surface area contributed by atoms with Gasteiger partial charge in [-0.1, -0.05) is 0 Å². The summed E-state index contributed by atoms with van der Waals surface area (Å²) in [5.41, 5.74) is -1.01. The van der Waals surface area contributed by atoms with Crippen LogP contribution in [0, 0.1) is 22.7 Å². The molecule has 1 aliphatic carbocycles. The van der Waals surface area contributed by atoms with Crippen molar-refractivity contribution in [2.45, 2.75) is 31.9 Å². The predicted molar refractivity (Wildman–Crippen MR) is 52.6 cm³/mol. The molecule has 0 aromatic carbocycles. The van der Waals surface area contributed by atoms with Crippen LogP contribution in [0.2, 0.25) is 0 Å². The molecule has 1 aliphatic heterocycles. The normalized spacial score (nSPS) is 27.4. The van der Waals surface area contributed by atoms with Crippen molar-refractivity contribution in [2.24, 2.45) is 11.3 Å². The van der Waals surface area contributed by atoms with Gasteiger partial charge >= 0.3 is 6.18 Å². The van der Waals surface area contributed by atoms with Crippen molar-refractivity contribution in [3.63, 3.8) is 0 Å². The maximum atomic E-state index is 12.6. The van der Waals surface area contributed by atoms with Gasteiger partial charge in [0.05, 0.1) is 12.0 Å². The fraction of sp³-hybridized carbons (Fsp3) is 0.818. The van der Waals surface area contributed by atoms with E-state index in [1.165, 1.54) is 4.90 Å². The lowest BCUT2D eigenvalue weighted by atomic mass is 9.95. The van der Waals surface area contributed by atoms with Crippen LogP contribution in [0.3, 0.4) is 0 Å². The zero-order chi connectivity index (χ0) is 12.7. The molecule has 2 rings (SSSR count). The molecule has 0 N–H and O–H groups in total. The Bertz CT molecular complexity index is 368. The Kier molecular flexibility index (Phi) is 2.80. The first-order valence-electron chi connectivity index (χ1n) is 5.66. The van der Waals surface area contributed by atoms with Gasteiger partial charge in [0.15, 0.2) is 0 Å². The van der Waals surface area contributed by atoms with Gasteiger partial charge in [0.1, 0.15) is 5.41 Å². The van der Waals surface area contributed by atoms with Crippen molar-refractivity contribution in [1.29, 1.82) is 5.26 Å². The third-order valence-electron chi connectivity index (χ3n) is 3.54. The molecule has 1 unspecified atom stereocenters. The zero-order valence-electron chi connectivity index (χ0n) is 9.26. The van der Waals surface area contributed by atoms with Crippen LogP contribution in [0.1, 0.15) is 25.7 Å². The number of hydrogen-bond acceptors (Lipinski definition) is 2. The molecule has 0 spiro atoms. The molecule has 0 radical (unpaired) electrons. The average molecular weight is 246 g/mol. The second kappa shape index (κ2) is 3.90. The largest absolute Gasteiger partial charge is 0.393 e. The number of carbonyl (C=O) groups is 1. The summed E-state index contributed by atoms with van der Waals surface area (Å²) in [4.78, 5) is 13.1. The summed E-state index contributed by atoms with van der Waals surface area (Å²) in [6, 6.07) is 1.93. The molecule has 0 aromatic heterocycles. The van der Waals surface area contributed by atoms with Crippen LogP contribution in [0.25, 0.3) is 0 Å². The smallest absolute Gasteiger partial charge is 0.341 e. The van der Waals surface area contributed by atoms with E-state index in [2.05, 4.69) is 0 Å². The summed E-state index contributed by atoms with van der Waals surface area (Å²) < 4.78 is 37.7. The molecule has 94 valence electrons. The minimum absolute atomic E-state index is 0.0762. The Labute approximate surface area is 97.2 Å². The van der Waals surface area contributed by atoms with Crippen LogP contribution in [0.15, 0.2) is 0 Å². The lowest BCUT2D eigenvalue weighted by Gasteiger charge is -2.34. The summed E-state index contributed by atoms with van der Waals surface area (Å²) >= 11 is 0. The Morgan fingerprint density at radius 3 is 2.53 bits per heavy atom. The molecule has 0 aromatic rings. The molecule has 17 heavy (non-hydrogen) atoms. The number of alkyl halides is 3. The van der Waals surface area contributed by atoms with Crippen LogP contribution in [0.4, 0.5) is 13.2 Å². The van der Waals surface area contributed by atoms with E-state index in [1.807, 2.05) is 6.07 Å². The molecular formula is C11H13F3N2O. The van der Waals surface area contributed by atoms with Crippen molar-refractivity contribution >= 4 is 5.91 Å². The minimum Gasteiger partial charge on any atom is -0.341 e. The van der Waals surface area contributed by atoms with Crippen LogP contribution in [-0.4, -0.2) is 30.1 Å². The highest BCUT2D eigenvalue weighted by Gasteiger charge is 2.54. The molecule has 1 amide bonds. The van der Waals surface area contributed by atoms with Gasteiger partial charge in [-0.15, -0.1) is 0 Å². The van der Waals surface area contributed by atoms with Crippen LogP contribution < -0.4 is 0 Å². The molecule has 3 nitrogen and oxygen atoms in total. The fourth-order valence-corrected chi connectivity index (χ4v) is 2.23. The van der Waals surface area contributed by atoms with Gasteiger partial charge in [0.25, 0.3) is 0 Å². The van der Waals surface area contributed by atoms with Gasteiger partial charge in [0, 0.05) is 13.1 Å². The van der Waals surface area contributed by atoms with Crippen LogP contribution >= 0.6 is 0 Å². The summed E-state index contributed by atoms with van der Waals surface area (Å²) in [6.45, 7) is 0.0562. The standard InChI is InChI=1S/C11H13F3N2O/c12-11(13,14)8-2-1-5-16(6-8)9(17)10(7-15)3-4-10/h8H,1-6H2. The Hall–Kier alpha value is -1.25. The lowest BCUT2D eigenvalue weighted by Crippen LogP contribution is -2.47. The van der Waals surface area contributed by atoms with Gasteiger partial charge < -0.3 is 4.90 Å². The van der Waals surface area contributed by atoms with Crippen LogP contribution in [0.5, 0.6) is 0 Å². The Balaban J connectivity index is 2.04. The molecule has 1 atom stereocenters. The topological polar surface area (TPSA) is 44.1 Å². The molecule has 1 saturated heterocycles. The highest BCUT2D eigenvalue weighted by Crippen LogP contribution is 2.47. The molecule has 2 aliphatic rings. The zero-order valence-corrected chi connectivity index (χ0v) is 9.26. The lowest BCUT2D eigenvalue weighted by molar-refractivity contribution is -0.188. The van der Waals surface area contributed by atoms with Crippen molar-refractivity contribution in [3.8, 4) is 6.07 Å². The summed E-state index contributed by atoms with van der Waals surface area (Å²) in [5, 5.41) is 8.86. The van der Waals surface area contributed by atoms with E-state index in [-0.39, 0.29) is 13.0 Å². The monoisotopic (exact) mass is 246 g/mol. The first-order valence-corrected chi connectivity index (χ1v) is 5.66. The first kappa shape index (κ1) is 12.2. The Morgan fingerprint density at radius 2 is 2.06 bits per heavy atom. The number of carbonyl (C=O) groups excluding carboxylic acids is 1. The number of nitrogens with zero attached hydrogens (tertiary/aromatic N) is 2. The molecule has 2 fully saturated rings. The number of piperidine rings is 1. The third kappa shape index (κ3) is 2.24. The maximum absolute atomic E-state index is 12.6. The molecule has 6 heteroatoms. The van der Waals surface area contributed by atoms with Gasteiger partial charge in [0.2, 0.25) is 5.91 Å². The average Bonchev–Trinajstić information content (AvgIpc) is 3.08. The van der Waals surface area contributed by atoms with E-state index in [1.54, 1.807) is 0 Å². The van der Waals surface area contributed by atoms with Gasteiger partial charge in [-0.2, -0.15) is 18.4 Å². The number of nitriles is 1. The predicted octanol–water partition coefficient (Wildman–Crippen LogP) is 2.09. The second-order valence-corrected chi connectivity index (χ2v) is 4.83. The maximum Gasteiger partial charge on any atom is 0.393 e. The van der Waals surface area contributed by atoms with E-state index < -0.39 is 23.4 Å². The molecule has 1 heterocycles. The SMILES string of the molecule is N#CC1(C(=O)N2CCCC(C(F)(F)F)C2)CC1. The van der Waals surface area contributed by atoms with Crippen molar-refractivity contribution in [2.75, 3.05) is 13.1 Å². The molecule has 0 bridgehead atoms. The summed E-state index contributed by atoms with van der Waals surface area (Å²) in [7, 11) is 0. The highest BCUT2D eigenvalue weighted by molar-refractivity contribution is 5.88. The van der Waals surface area contributed by atoms with Gasteiger partial charge in [-0.05, 0) is 25.7 Å². The third-order valence-corrected chi connectivity index (χ3v) is 3.54. The van der Waals surface area contributed by atoms with Crippen LogP contribution in [-0.2, 0) is 4.79 Å². The Morgan fingerprint density at radius 1 is 1.41 bits per heavy atom. The van der Waals surface area contributed by atoms with Crippen molar-refractivity contribution in [1.82, 2.24) is 4.90 Å². The summed E-state index contributed by atoms with van der Waals surface area (Å²) in [5.74, 6) is -1.84. The van der Waals surface area contributed by atoms with E-state index in [9.17, 15) is 18.0 Å². The van der Waals surface area contributed by atoms with E-state index in [0.717, 1.165) is 0 Å². The summed E-state index contributed by atoms with van der Waals surface area (Å²) in [6.07, 6.45) is -2.85. The molecule has 1 saturated carbocycles. The first-order chi connectivity index (χ1) is 7.89. The molecular weight excluding hydrogens is 233 g/mol. The minimum atomic E-state index is -4.25. The van der Waals surface area contributed by atoms with E-state index in [0.29, 0.717) is 25.8 Å². The van der Waals surface area contributed by atoms with E-state index in [4.69, 9.17) is 5.26 Å². The number of halogens is 3. The van der Waals surface area contributed by atoms with E-state index >= 15 is 0 Å². The number of likely N-dealkylation sites (tertiary alicyclic amines) is 1. The number of rotatable bonds is 1. The number of hydrogen-bond donors (Lipinski definition) is 0. The van der Waals surface area contributed by atoms with Gasteiger partial charge in [-0.25, -0.2) is 0 Å². The van der Waals surface area contributed by atoms with Crippen molar-refractivity contribution < 1.29 is 18.0 Å². The van der Waals surface area contributed by atoms with Crippen molar-refractivity contribution in [3.05, 3.63) is 0 Å². The highest BCUT2D eigenvalue weighted by atomic mass is 19.4. The number of amides is 1. The second-order valence-electron chi connectivity index (χ2n) is 4.83. The fourth-order valence-electron chi connectivity index (χ4n) is 2.23. The van der Waals surface area contributed by atoms with Gasteiger partial charge in [-0.3, -0.25) is 4.79 Å².